The first-order valence-corrected chi connectivity index (χ1v) is 30.1. The standard InChI is InChI=1S/C34H46N8O6.C27H35N7O2.4H2S/c1-21-28(37-32(45)48-33(2,3)4)34(20-47-21)11-13-40(14-12-34)25-19-35-27-29(36-25)42(26-8-6-7-17-46-26)38-30(27)41-16-15-39(5)24-18-22(31(43)44)9-10-23(24)41;1-4-22(35)18-5-6-20-21(13-18)32(3)11-12-34(20)26-24-19(14-30-26)31-23(15-29-24)33-9-7-27(8-10-33)16-36-17(2)25(27)28;;;;/h9-10,18-19,21,26,28H,6-8,11-17,20H2,1-5H3,(H,37,45)(H,43,44);5-6,13,15,17,25H,4,7-12,14,16,28H2,1-3H3;4*1H2/t21-,26?,28+;17-,25+;;;;/m00..../s1. The molecule has 0 radical (unpaired) electrons. The lowest BCUT2D eigenvalue weighted by Crippen LogP contribution is -2.55. The number of likely N-dealkylation sites (N-methyl/N-ethyl adjacent to an activating group) is 2. The van der Waals surface area contributed by atoms with Gasteiger partial charge in [-0.25, -0.2) is 34.2 Å². The lowest BCUT2D eigenvalue weighted by atomic mass is 9.73. The molecule has 8 aliphatic heterocycles. The minimum atomic E-state index is -0.959. The highest BCUT2D eigenvalue weighted by Crippen LogP contribution is 2.46. The van der Waals surface area contributed by atoms with Crippen molar-refractivity contribution in [3.63, 3.8) is 0 Å². The largest absolute Gasteiger partial charge is 0.478 e. The van der Waals surface area contributed by atoms with E-state index >= 15 is 0 Å². The molecule has 2 aromatic carbocycles. The van der Waals surface area contributed by atoms with E-state index in [1.807, 2.05) is 83.0 Å². The molecule has 23 nitrogen and oxygen atoms in total. The number of hydrogen-bond donors (Lipinski definition) is 3. The van der Waals surface area contributed by atoms with Crippen LogP contribution in [0.3, 0.4) is 0 Å². The van der Waals surface area contributed by atoms with Crippen molar-refractivity contribution in [1.29, 1.82) is 0 Å². The number of piperidine rings is 2. The van der Waals surface area contributed by atoms with Gasteiger partial charge in [0.15, 0.2) is 34.8 Å². The van der Waals surface area contributed by atoms with Crippen LogP contribution >= 0.6 is 54.0 Å². The summed E-state index contributed by atoms with van der Waals surface area (Å²) >= 11 is 0. The fraction of sp³-hybridized carbons (Fsp3) is 0.590. The number of nitrogens with two attached hydrogens (primary N) is 1. The van der Waals surface area contributed by atoms with Crippen molar-refractivity contribution in [3.8, 4) is 0 Å². The number of ketones is 1. The summed E-state index contributed by atoms with van der Waals surface area (Å²) in [5.41, 5.74) is 13.8. The number of Topliss-reactive ketones (excluding diaryl/α,β-unsaturated/α-hetero) is 1. The minimum absolute atomic E-state index is 0. The number of ether oxygens (including phenoxy) is 4. The zero-order valence-corrected chi connectivity index (χ0v) is 55.8. The van der Waals surface area contributed by atoms with Crippen molar-refractivity contribution in [3.05, 3.63) is 71.3 Å². The van der Waals surface area contributed by atoms with Gasteiger partial charge in [0.05, 0.1) is 84.4 Å². The molecule has 2 spiro atoms. The molecule has 4 N–H and O–H groups in total. The van der Waals surface area contributed by atoms with Crippen molar-refractivity contribution >= 4 is 129 Å². The zero-order chi connectivity index (χ0) is 58.8. The van der Waals surface area contributed by atoms with Crippen molar-refractivity contribution in [2.24, 2.45) is 21.6 Å². The molecule has 8 aliphatic rings. The molecule has 5 aromatic rings. The van der Waals surface area contributed by atoms with Crippen LogP contribution in [-0.4, -0.2) is 175 Å². The van der Waals surface area contributed by atoms with Gasteiger partial charge < -0.3 is 64.5 Å². The Morgan fingerprint density at radius 2 is 1.33 bits per heavy atom. The second-order valence-corrected chi connectivity index (χ2v) is 25.2. The number of amidine groups is 1. The van der Waals surface area contributed by atoms with Crippen LogP contribution in [0.5, 0.6) is 0 Å². The fourth-order valence-corrected chi connectivity index (χ4v) is 13.7. The lowest BCUT2D eigenvalue weighted by molar-refractivity contribution is -0.0368. The first kappa shape index (κ1) is 68.1. The lowest BCUT2D eigenvalue weighted by Gasteiger charge is -2.42. The minimum Gasteiger partial charge on any atom is -0.478 e. The third-order valence-electron chi connectivity index (χ3n) is 18.7. The number of amides is 1. The normalized spacial score (nSPS) is 23.3. The van der Waals surface area contributed by atoms with Crippen LogP contribution in [0.4, 0.5) is 45.0 Å². The molecule has 0 saturated carbocycles. The molecule has 88 heavy (non-hydrogen) atoms. The summed E-state index contributed by atoms with van der Waals surface area (Å²) in [6.07, 6.45) is 10.1. The number of hydrogen-bond acceptors (Lipinski definition) is 20. The molecular formula is C61H89N15O8S4. The molecule has 1 unspecified atom stereocenters. The molecule has 11 heterocycles. The Morgan fingerprint density at radius 3 is 1.94 bits per heavy atom. The van der Waals surface area contributed by atoms with Gasteiger partial charge >= 0.3 is 12.1 Å². The molecule has 1 amide bonds. The average molecular weight is 1290 g/mol. The predicted molar refractivity (Wildman–Crippen MR) is 363 cm³/mol. The summed E-state index contributed by atoms with van der Waals surface area (Å²) in [6.45, 7) is 20.4. The molecule has 3 aromatic heterocycles. The van der Waals surface area contributed by atoms with Gasteiger partial charge in [0.1, 0.15) is 22.9 Å². The monoisotopic (exact) mass is 1290 g/mol. The summed E-state index contributed by atoms with van der Waals surface area (Å²) < 4.78 is 25.6. The Hall–Kier alpha value is -5.81. The number of carboxylic acids is 1. The van der Waals surface area contributed by atoms with Crippen LogP contribution in [0.1, 0.15) is 131 Å². The summed E-state index contributed by atoms with van der Waals surface area (Å²) in [5, 5.41) is 17.9. The molecule has 0 aliphatic carbocycles. The van der Waals surface area contributed by atoms with Gasteiger partial charge in [0.2, 0.25) is 0 Å². The maximum Gasteiger partial charge on any atom is 0.407 e. The van der Waals surface area contributed by atoms with Crippen LogP contribution < -0.4 is 40.4 Å². The summed E-state index contributed by atoms with van der Waals surface area (Å²) in [5.74, 6) is 2.44. The number of fused-ring (bicyclic) bond motifs is 4. The molecule has 480 valence electrons. The van der Waals surface area contributed by atoms with Gasteiger partial charge in [-0.05, 0) is 116 Å². The highest BCUT2D eigenvalue weighted by Gasteiger charge is 2.51. The van der Waals surface area contributed by atoms with E-state index in [9.17, 15) is 19.5 Å². The van der Waals surface area contributed by atoms with Gasteiger partial charge in [-0.3, -0.25) is 9.79 Å². The number of benzene rings is 2. The zero-order valence-electron chi connectivity index (χ0n) is 51.8. The third-order valence-corrected chi connectivity index (χ3v) is 18.7. The van der Waals surface area contributed by atoms with Gasteiger partial charge in [-0.1, -0.05) is 6.92 Å². The van der Waals surface area contributed by atoms with Gasteiger partial charge in [0.25, 0.3) is 0 Å². The Balaban J connectivity index is 0.000000226. The average Bonchev–Trinajstić information content (AvgIpc) is 2.45. The van der Waals surface area contributed by atoms with Crippen molar-refractivity contribution in [2.45, 2.75) is 136 Å². The summed E-state index contributed by atoms with van der Waals surface area (Å²) in [7, 11) is 4.04. The summed E-state index contributed by atoms with van der Waals surface area (Å²) in [4.78, 5) is 74.8. The molecule has 5 atom stereocenters. The number of aromatic carboxylic acids is 1. The van der Waals surface area contributed by atoms with Crippen LogP contribution in [0.15, 0.2) is 53.8 Å². The molecule has 5 saturated heterocycles. The smallest absolute Gasteiger partial charge is 0.407 e. The molecule has 0 bridgehead atoms. The van der Waals surface area contributed by atoms with Crippen LogP contribution in [0, 0.1) is 10.8 Å². The molecule has 13 rings (SSSR count). The Morgan fingerprint density at radius 1 is 0.739 bits per heavy atom. The number of carbonyl (C=O) groups excluding carboxylic acids is 2. The highest BCUT2D eigenvalue weighted by atomic mass is 32.1. The Kier molecular flexibility index (Phi) is 21.2. The van der Waals surface area contributed by atoms with Gasteiger partial charge in [-0.2, -0.15) is 54.0 Å². The van der Waals surface area contributed by atoms with Crippen LogP contribution in [-0.2, 0) is 25.5 Å². The van der Waals surface area contributed by atoms with Gasteiger partial charge in [-0.15, -0.1) is 5.10 Å². The van der Waals surface area contributed by atoms with E-state index in [1.54, 1.807) is 12.1 Å². The molecular weight excluding hydrogens is 1200 g/mol. The molecule has 5 fully saturated rings. The highest BCUT2D eigenvalue weighted by molar-refractivity contribution is 7.59. The number of carboxylic acid groups (broad SMARTS) is 1. The van der Waals surface area contributed by atoms with E-state index in [2.05, 4.69) is 48.7 Å². The number of carbonyl (C=O) groups is 3. The topological polar surface area (TPSA) is 248 Å². The number of aromatic nitrogens is 6. The molecule has 27 heteroatoms. The van der Waals surface area contributed by atoms with E-state index in [0.29, 0.717) is 56.3 Å². The van der Waals surface area contributed by atoms with Crippen molar-refractivity contribution < 1.29 is 38.4 Å². The number of rotatable bonds is 8. The Bertz CT molecular complexity index is 3370. The van der Waals surface area contributed by atoms with Crippen LogP contribution in [0.2, 0.25) is 0 Å². The van der Waals surface area contributed by atoms with Crippen molar-refractivity contribution in [1.82, 2.24) is 35.0 Å². The van der Waals surface area contributed by atoms with E-state index in [4.69, 9.17) is 54.7 Å². The van der Waals surface area contributed by atoms with Crippen LogP contribution in [0.25, 0.3) is 11.2 Å². The maximum atomic E-state index is 12.7. The second-order valence-electron chi connectivity index (χ2n) is 25.2. The predicted octanol–water partition coefficient (Wildman–Crippen LogP) is 7.78. The van der Waals surface area contributed by atoms with E-state index < -0.39 is 17.7 Å². The van der Waals surface area contributed by atoms with Gasteiger partial charge in [0, 0.05) is 102 Å². The Labute approximate surface area is 543 Å². The van der Waals surface area contributed by atoms with E-state index in [0.717, 1.165) is 148 Å². The second kappa shape index (κ2) is 27.3. The summed E-state index contributed by atoms with van der Waals surface area (Å²) in [6, 6.07) is 11.1. The quantitative estimate of drug-likeness (QED) is 0.125. The number of nitrogens with zero attached hydrogens (tertiary/aromatic N) is 13. The first-order chi connectivity index (χ1) is 40.3. The maximum absolute atomic E-state index is 12.7. The van der Waals surface area contributed by atoms with E-state index in [1.165, 1.54) is 0 Å². The number of alkyl carbamates (subject to hydrolysis) is 1. The fourth-order valence-electron chi connectivity index (χ4n) is 13.7. The first-order valence-electron chi connectivity index (χ1n) is 30.1. The number of nitrogens with one attached hydrogen (secondary N) is 1. The van der Waals surface area contributed by atoms with E-state index in [-0.39, 0.29) is 107 Å². The SMILES string of the molecule is CCC(=O)c1ccc2c(c1)N(C)CCN2C1=NCc2nc(N3CCC4(CC3)CO[C@@H](C)[C@H]4N)cnc21.C[C@@H]1OCC2(CCN(c3cnc4c(N5CCN(C)c6cc(C(=O)O)ccc65)nn(C5CCCCO5)c4n3)CC2)[C@@H]1NC(=O)OC(C)(C)C.S.S.S.S. The van der Waals surface area contributed by atoms with Crippen molar-refractivity contribution in [2.75, 3.05) is 116 Å². The number of aliphatic imine (C=N–C) groups is 1. The third kappa shape index (κ3) is 13.1. The number of anilines is 7.